The first-order chi connectivity index (χ1) is 24.8. The van der Waals surface area contributed by atoms with Crippen LogP contribution in [0.2, 0.25) is 0 Å². The van der Waals surface area contributed by atoms with Gasteiger partial charge in [-0.1, -0.05) is 127 Å². The fourth-order valence-corrected chi connectivity index (χ4v) is 13.1. The Hall–Kier alpha value is -4.38. The largest absolute Gasteiger partial charge is 0.307 e. The standard InChI is InChI=1S/C48H40N2S2/c1-45(2)27-13-9-17-35-41(27)49-39-31(45)21-25(22-32(39)46(3,4)28-14-10-18-36(51-35)42(28)49)26-23-33-40-34(24-26)48(7,8)30-16-12-20-38-44(30)50(40)43-29(47(33,5)6)15-11-19-37(43)52-38/h9-24H,1-8H3. The van der Waals surface area contributed by atoms with Crippen molar-refractivity contribution in [2.24, 2.45) is 0 Å². The van der Waals surface area contributed by atoms with Crippen LogP contribution in [0.15, 0.2) is 117 Å². The molecule has 12 rings (SSSR count). The molecule has 0 fully saturated rings. The number of hydrogen-bond acceptors (Lipinski definition) is 4. The highest BCUT2D eigenvalue weighted by atomic mass is 32.2. The zero-order valence-electron chi connectivity index (χ0n) is 30.9. The molecular formula is C48H40N2S2. The van der Waals surface area contributed by atoms with Crippen LogP contribution in [0, 0.1) is 0 Å². The molecule has 254 valence electrons. The van der Waals surface area contributed by atoms with Gasteiger partial charge in [-0.2, -0.15) is 0 Å². The Morgan fingerprint density at radius 2 is 0.577 bits per heavy atom. The van der Waals surface area contributed by atoms with Crippen molar-refractivity contribution in [3.63, 3.8) is 0 Å². The summed E-state index contributed by atoms with van der Waals surface area (Å²) in [6.07, 6.45) is 0. The Morgan fingerprint density at radius 3 is 0.827 bits per heavy atom. The van der Waals surface area contributed by atoms with E-state index in [9.17, 15) is 0 Å². The molecule has 6 aromatic carbocycles. The van der Waals surface area contributed by atoms with Crippen LogP contribution in [0.25, 0.3) is 11.1 Å². The molecular weight excluding hydrogens is 669 g/mol. The van der Waals surface area contributed by atoms with E-state index in [1.165, 1.54) is 109 Å². The molecule has 0 amide bonds. The van der Waals surface area contributed by atoms with Gasteiger partial charge in [-0.3, -0.25) is 0 Å². The van der Waals surface area contributed by atoms with E-state index < -0.39 is 0 Å². The van der Waals surface area contributed by atoms with Gasteiger partial charge in [-0.05, 0) is 104 Å². The van der Waals surface area contributed by atoms with Gasteiger partial charge in [-0.15, -0.1) is 0 Å². The van der Waals surface area contributed by atoms with Crippen LogP contribution in [-0.2, 0) is 21.7 Å². The SMILES string of the molecule is CC1(C)c2cccc3c2N2c4c(cccc4C(C)(C)c4cc(-c5cc6c7c(c5)C(C)(C)c5cccc8c5N7c5c(cccc5C6(C)C)S8)cc1c42)S3. The summed E-state index contributed by atoms with van der Waals surface area (Å²) in [6, 6.07) is 38.1. The van der Waals surface area contributed by atoms with Crippen LogP contribution < -0.4 is 9.80 Å². The third-order valence-corrected chi connectivity index (χ3v) is 15.9. The summed E-state index contributed by atoms with van der Waals surface area (Å²) in [4.78, 5) is 10.7. The Bertz CT molecular complexity index is 2350. The summed E-state index contributed by atoms with van der Waals surface area (Å²) in [6.45, 7) is 19.6. The van der Waals surface area contributed by atoms with E-state index in [1.807, 2.05) is 23.5 Å². The molecule has 52 heavy (non-hydrogen) atoms. The van der Waals surface area contributed by atoms with Crippen molar-refractivity contribution < 1.29 is 0 Å². The van der Waals surface area contributed by atoms with Gasteiger partial charge < -0.3 is 9.80 Å². The monoisotopic (exact) mass is 708 g/mol. The van der Waals surface area contributed by atoms with Crippen LogP contribution in [-0.4, -0.2) is 0 Å². The molecule has 6 aliphatic rings. The topological polar surface area (TPSA) is 6.48 Å². The van der Waals surface area contributed by atoms with Crippen LogP contribution in [0.1, 0.15) is 99.9 Å². The smallest absolute Gasteiger partial charge is 0.0642 e. The molecule has 0 aromatic heterocycles. The van der Waals surface area contributed by atoms with E-state index in [2.05, 4.69) is 162 Å². The highest BCUT2D eigenvalue weighted by Gasteiger charge is 2.51. The Balaban J connectivity index is 1.17. The van der Waals surface area contributed by atoms with Gasteiger partial charge in [-0.25, -0.2) is 0 Å². The zero-order valence-corrected chi connectivity index (χ0v) is 32.6. The molecule has 0 unspecified atom stereocenters. The fourth-order valence-electron chi connectivity index (χ4n) is 10.8. The van der Waals surface area contributed by atoms with E-state index in [1.54, 1.807) is 0 Å². The second kappa shape index (κ2) is 9.04. The predicted molar refractivity (Wildman–Crippen MR) is 218 cm³/mol. The second-order valence-electron chi connectivity index (χ2n) is 17.8. The van der Waals surface area contributed by atoms with Crippen molar-refractivity contribution in [2.45, 2.75) is 96.6 Å². The zero-order chi connectivity index (χ0) is 35.4. The maximum absolute atomic E-state index is 2.65. The van der Waals surface area contributed by atoms with Gasteiger partial charge in [0.05, 0.1) is 34.1 Å². The fraction of sp³-hybridized carbons (Fsp3) is 0.250. The summed E-state index contributed by atoms with van der Waals surface area (Å²) in [5.74, 6) is 0. The number of para-hydroxylation sites is 4. The summed E-state index contributed by atoms with van der Waals surface area (Å²) < 4.78 is 0. The first-order valence-corrected chi connectivity index (χ1v) is 20.3. The van der Waals surface area contributed by atoms with Crippen molar-refractivity contribution in [3.05, 3.63) is 142 Å². The Labute approximate surface area is 315 Å². The summed E-state index contributed by atoms with van der Waals surface area (Å²) in [7, 11) is 0. The van der Waals surface area contributed by atoms with Crippen molar-refractivity contribution >= 4 is 57.6 Å². The molecule has 0 aliphatic carbocycles. The molecule has 4 heteroatoms. The minimum Gasteiger partial charge on any atom is -0.307 e. The lowest BCUT2D eigenvalue weighted by Crippen LogP contribution is -2.40. The lowest BCUT2D eigenvalue weighted by atomic mass is 9.64. The van der Waals surface area contributed by atoms with E-state index >= 15 is 0 Å². The quantitative estimate of drug-likeness (QED) is 0.167. The van der Waals surface area contributed by atoms with E-state index in [4.69, 9.17) is 0 Å². The normalized spacial score (nSPS) is 19.5. The molecule has 0 spiro atoms. The van der Waals surface area contributed by atoms with Crippen LogP contribution >= 0.6 is 23.5 Å². The molecule has 6 heterocycles. The molecule has 0 atom stereocenters. The minimum atomic E-state index is -0.167. The number of benzene rings is 6. The average Bonchev–Trinajstić information content (AvgIpc) is 3.12. The van der Waals surface area contributed by atoms with Gasteiger partial charge in [0.2, 0.25) is 0 Å². The predicted octanol–water partition coefficient (Wildman–Crippen LogP) is 13.8. The lowest BCUT2D eigenvalue weighted by molar-refractivity contribution is 0.591. The van der Waals surface area contributed by atoms with Crippen molar-refractivity contribution in [2.75, 3.05) is 9.80 Å². The number of rotatable bonds is 1. The summed E-state index contributed by atoms with van der Waals surface area (Å²) in [5.41, 5.74) is 21.6. The van der Waals surface area contributed by atoms with Crippen LogP contribution in [0.5, 0.6) is 0 Å². The molecule has 0 saturated heterocycles. The highest BCUT2D eigenvalue weighted by Crippen LogP contribution is 2.69. The van der Waals surface area contributed by atoms with Crippen molar-refractivity contribution in [3.8, 4) is 11.1 Å². The number of nitrogens with zero attached hydrogens (tertiary/aromatic N) is 2. The number of hydrogen-bond donors (Lipinski definition) is 0. The van der Waals surface area contributed by atoms with Gasteiger partial charge in [0.15, 0.2) is 0 Å². The lowest BCUT2D eigenvalue weighted by Gasteiger charge is -2.52. The molecule has 0 N–H and O–H groups in total. The maximum atomic E-state index is 2.65. The Kier molecular flexibility index (Phi) is 5.23. The second-order valence-corrected chi connectivity index (χ2v) is 20.0. The van der Waals surface area contributed by atoms with Crippen molar-refractivity contribution in [1.29, 1.82) is 0 Å². The van der Waals surface area contributed by atoms with E-state index in [-0.39, 0.29) is 21.7 Å². The average molecular weight is 709 g/mol. The molecule has 2 nitrogen and oxygen atoms in total. The minimum absolute atomic E-state index is 0.167. The first-order valence-electron chi connectivity index (χ1n) is 18.7. The van der Waals surface area contributed by atoms with Gasteiger partial charge >= 0.3 is 0 Å². The molecule has 0 bridgehead atoms. The summed E-state index contributed by atoms with van der Waals surface area (Å²) in [5, 5.41) is 0. The van der Waals surface area contributed by atoms with E-state index in [0.29, 0.717) is 0 Å². The van der Waals surface area contributed by atoms with E-state index in [0.717, 1.165) is 0 Å². The van der Waals surface area contributed by atoms with Crippen LogP contribution in [0.3, 0.4) is 0 Å². The Morgan fingerprint density at radius 1 is 0.327 bits per heavy atom. The van der Waals surface area contributed by atoms with Gasteiger partial charge in [0, 0.05) is 41.2 Å². The first kappa shape index (κ1) is 30.1. The maximum Gasteiger partial charge on any atom is 0.0642 e. The van der Waals surface area contributed by atoms with Crippen molar-refractivity contribution in [1.82, 2.24) is 0 Å². The van der Waals surface area contributed by atoms with Crippen LogP contribution in [0.4, 0.5) is 34.1 Å². The molecule has 6 aliphatic heterocycles. The number of anilines is 6. The van der Waals surface area contributed by atoms with Gasteiger partial charge in [0.1, 0.15) is 0 Å². The third kappa shape index (κ3) is 3.23. The third-order valence-electron chi connectivity index (χ3n) is 13.7. The molecule has 0 saturated carbocycles. The molecule has 6 aromatic rings. The summed E-state index contributed by atoms with van der Waals surface area (Å²) >= 11 is 3.88. The highest BCUT2D eigenvalue weighted by molar-refractivity contribution is 8.00. The molecule has 0 radical (unpaired) electrons. The van der Waals surface area contributed by atoms with Gasteiger partial charge in [0.25, 0.3) is 0 Å².